The Morgan fingerprint density at radius 1 is 1.23 bits per heavy atom. The number of aromatic nitrogens is 1. The Balaban J connectivity index is 1.84. The van der Waals surface area contributed by atoms with Crippen molar-refractivity contribution in [2.24, 2.45) is 5.92 Å². The van der Waals surface area contributed by atoms with Crippen LogP contribution in [0, 0.1) is 22.1 Å². The number of hydrogen-bond acceptors (Lipinski definition) is 5. The van der Waals surface area contributed by atoms with Gasteiger partial charge in [-0.25, -0.2) is 13.8 Å². The highest BCUT2D eigenvalue weighted by Crippen LogP contribution is 2.41. The lowest BCUT2D eigenvalue weighted by Gasteiger charge is -2.37. The topological polar surface area (TPSA) is 114 Å². The standard InChI is InChI=1S/C18H24F2N6/c1-10(21)16-12(22)2-3-13(25-16)17(24)26-14(4-5-15(26)23)11-6-8-18(19,20)9-7-11/h2-3,11,14,21,23-24H,4-9,22H2,1H3. The first-order chi connectivity index (χ1) is 12.2. The monoisotopic (exact) mass is 362 g/mol. The van der Waals surface area contributed by atoms with Crippen LogP contribution in [0.2, 0.25) is 0 Å². The Hall–Kier alpha value is -2.38. The van der Waals surface area contributed by atoms with Gasteiger partial charge in [0.25, 0.3) is 0 Å². The highest BCUT2D eigenvalue weighted by atomic mass is 19.3. The molecule has 0 bridgehead atoms. The SMILES string of the molecule is CC(=N)c1nc(C(=N)N2C(=N)CCC2C2CCC(F)(F)CC2)ccc1N. The van der Waals surface area contributed by atoms with Gasteiger partial charge in [-0.15, -0.1) is 0 Å². The zero-order chi connectivity index (χ0) is 19.1. The third-order valence-corrected chi connectivity index (χ3v) is 5.37. The van der Waals surface area contributed by atoms with Gasteiger partial charge in [0, 0.05) is 25.3 Å². The van der Waals surface area contributed by atoms with E-state index in [0.29, 0.717) is 48.6 Å². The molecule has 1 unspecified atom stereocenters. The van der Waals surface area contributed by atoms with Crippen molar-refractivity contribution in [3.05, 3.63) is 23.5 Å². The smallest absolute Gasteiger partial charge is 0.248 e. The lowest BCUT2D eigenvalue weighted by atomic mass is 9.81. The van der Waals surface area contributed by atoms with E-state index in [-0.39, 0.29) is 36.3 Å². The van der Waals surface area contributed by atoms with E-state index in [0.717, 1.165) is 0 Å². The molecule has 0 radical (unpaired) electrons. The molecule has 1 saturated carbocycles. The van der Waals surface area contributed by atoms with E-state index in [1.54, 1.807) is 24.0 Å². The minimum absolute atomic E-state index is 0.0514. The molecule has 140 valence electrons. The molecule has 8 heteroatoms. The largest absolute Gasteiger partial charge is 0.397 e. The second-order valence-electron chi connectivity index (χ2n) is 7.22. The summed E-state index contributed by atoms with van der Waals surface area (Å²) in [6, 6.07) is 3.11. The molecule has 0 amide bonds. The van der Waals surface area contributed by atoms with Crippen molar-refractivity contribution in [3.8, 4) is 0 Å². The minimum atomic E-state index is -2.59. The van der Waals surface area contributed by atoms with Crippen LogP contribution in [-0.2, 0) is 0 Å². The Morgan fingerprint density at radius 2 is 1.88 bits per heavy atom. The zero-order valence-corrected chi connectivity index (χ0v) is 14.8. The van der Waals surface area contributed by atoms with Gasteiger partial charge in [0.2, 0.25) is 5.92 Å². The summed E-state index contributed by atoms with van der Waals surface area (Å²) in [7, 11) is 0. The highest BCUT2D eigenvalue weighted by molar-refractivity contribution is 6.08. The number of nitrogens with one attached hydrogen (secondary N) is 3. The summed E-state index contributed by atoms with van der Waals surface area (Å²) in [5.74, 6) is -2.13. The fourth-order valence-electron chi connectivity index (χ4n) is 3.95. The normalized spacial score (nSPS) is 23.3. The second-order valence-corrected chi connectivity index (χ2v) is 7.22. The summed E-state index contributed by atoms with van der Waals surface area (Å²) >= 11 is 0. The molecule has 26 heavy (non-hydrogen) atoms. The first-order valence-corrected chi connectivity index (χ1v) is 8.85. The number of amidine groups is 2. The van der Waals surface area contributed by atoms with Gasteiger partial charge in [-0.05, 0) is 44.2 Å². The van der Waals surface area contributed by atoms with E-state index in [1.165, 1.54) is 0 Å². The van der Waals surface area contributed by atoms with Crippen LogP contribution in [0.25, 0.3) is 0 Å². The van der Waals surface area contributed by atoms with Crippen LogP contribution in [0.4, 0.5) is 14.5 Å². The number of nitrogen functional groups attached to an aromatic ring is 1. The Labute approximate surface area is 151 Å². The first kappa shape index (κ1) is 18.4. The predicted octanol–water partition coefficient (Wildman–Crippen LogP) is 3.64. The average Bonchev–Trinajstić information content (AvgIpc) is 2.96. The van der Waals surface area contributed by atoms with Crippen molar-refractivity contribution >= 4 is 23.1 Å². The molecule has 1 saturated heterocycles. The van der Waals surface area contributed by atoms with Crippen LogP contribution in [0.3, 0.4) is 0 Å². The Morgan fingerprint density at radius 3 is 2.50 bits per heavy atom. The van der Waals surface area contributed by atoms with Crippen LogP contribution in [0.1, 0.15) is 56.8 Å². The van der Waals surface area contributed by atoms with Crippen LogP contribution in [0.5, 0.6) is 0 Å². The molecule has 0 aromatic carbocycles. The molecule has 1 aliphatic heterocycles. The van der Waals surface area contributed by atoms with Crippen LogP contribution in [0.15, 0.2) is 12.1 Å². The van der Waals surface area contributed by atoms with Crippen LogP contribution >= 0.6 is 0 Å². The predicted molar refractivity (Wildman–Crippen MR) is 97.5 cm³/mol. The molecule has 2 aliphatic rings. The first-order valence-electron chi connectivity index (χ1n) is 8.85. The molecule has 2 fully saturated rings. The molecular weight excluding hydrogens is 338 g/mol. The van der Waals surface area contributed by atoms with Crippen LogP contribution in [-0.4, -0.2) is 39.2 Å². The second kappa shape index (κ2) is 6.74. The van der Waals surface area contributed by atoms with Gasteiger partial charge in [0.05, 0.1) is 11.4 Å². The minimum Gasteiger partial charge on any atom is -0.397 e. The number of nitrogens with zero attached hydrogens (tertiary/aromatic N) is 2. The number of halogens is 2. The Kier molecular flexibility index (Phi) is 4.77. The van der Waals surface area contributed by atoms with E-state index in [9.17, 15) is 8.78 Å². The maximum Gasteiger partial charge on any atom is 0.248 e. The average molecular weight is 362 g/mol. The summed E-state index contributed by atoms with van der Waals surface area (Å²) in [4.78, 5) is 5.96. The molecule has 1 atom stereocenters. The third kappa shape index (κ3) is 3.45. The van der Waals surface area contributed by atoms with Crippen LogP contribution < -0.4 is 5.73 Å². The van der Waals surface area contributed by atoms with Crippen molar-refractivity contribution in [2.45, 2.75) is 57.4 Å². The Bertz CT molecular complexity index is 750. The molecule has 6 nitrogen and oxygen atoms in total. The molecule has 3 rings (SSSR count). The van der Waals surface area contributed by atoms with Gasteiger partial charge in [0.1, 0.15) is 17.2 Å². The zero-order valence-electron chi connectivity index (χ0n) is 14.8. The van der Waals surface area contributed by atoms with Gasteiger partial charge in [0.15, 0.2) is 5.84 Å². The van der Waals surface area contributed by atoms with E-state index >= 15 is 0 Å². The summed E-state index contributed by atoms with van der Waals surface area (Å²) in [5.41, 5.74) is 7.09. The molecule has 1 aliphatic carbocycles. The number of likely N-dealkylation sites (tertiary alicyclic amines) is 1. The third-order valence-electron chi connectivity index (χ3n) is 5.37. The quantitative estimate of drug-likeness (QED) is 0.486. The van der Waals surface area contributed by atoms with Gasteiger partial charge in [-0.1, -0.05) is 0 Å². The lowest BCUT2D eigenvalue weighted by molar-refractivity contribution is -0.0508. The van der Waals surface area contributed by atoms with Gasteiger partial charge in [-0.3, -0.25) is 10.8 Å². The number of nitrogens with two attached hydrogens (primary N) is 1. The highest BCUT2D eigenvalue weighted by Gasteiger charge is 2.43. The summed E-state index contributed by atoms with van der Waals surface area (Å²) in [6.07, 6.45) is 1.80. The van der Waals surface area contributed by atoms with Crippen molar-refractivity contribution in [1.29, 1.82) is 16.2 Å². The number of pyridine rings is 1. The summed E-state index contributed by atoms with van der Waals surface area (Å²) in [5, 5.41) is 24.6. The molecule has 5 N–H and O–H groups in total. The lowest BCUT2D eigenvalue weighted by Crippen LogP contribution is -2.44. The van der Waals surface area contributed by atoms with E-state index in [4.69, 9.17) is 22.0 Å². The summed E-state index contributed by atoms with van der Waals surface area (Å²) < 4.78 is 27.0. The number of hydrogen-bond donors (Lipinski definition) is 4. The number of anilines is 1. The fourth-order valence-corrected chi connectivity index (χ4v) is 3.95. The van der Waals surface area contributed by atoms with E-state index in [2.05, 4.69) is 4.98 Å². The molecular formula is C18H24F2N6. The maximum atomic E-state index is 13.5. The maximum absolute atomic E-state index is 13.5. The molecule has 2 heterocycles. The van der Waals surface area contributed by atoms with E-state index in [1.807, 2.05) is 0 Å². The molecule has 1 aromatic rings. The number of rotatable bonds is 3. The van der Waals surface area contributed by atoms with Crippen molar-refractivity contribution in [1.82, 2.24) is 9.88 Å². The fraction of sp³-hybridized carbons (Fsp3) is 0.556. The van der Waals surface area contributed by atoms with Gasteiger partial charge < -0.3 is 16.0 Å². The summed E-state index contributed by atoms with van der Waals surface area (Å²) in [6.45, 7) is 1.58. The van der Waals surface area contributed by atoms with Gasteiger partial charge in [-0.2, -0.15) is 0 Å². The molecule has 1 aromatic heterocycles. The van der Waals surface area contributed by atoms with Gasteiger partial charge >= 0.3 is 0 Å². The van der Waals surface area contributed by atoms with E-state index < -0.39 is 5.92 Å². The number of alkyl halides is 2. The van der Waals surface area contributed by atoms with Crippen molar-refractivity contribution in [3.63, 3.8) is 0 Å². The van der Waals surface area contributed by atoms with Crippen molar-refractivity contribution < 1.29 is 8.78 Å². The van der Waals surface area contributed by atoms with Crippen molar-refractivity contribution in [2.75, 3.05) is 5.73 Å². The molecule has 0 spiro atoms.